The van der Waals surface area contributed by atoms with Crippen molar-refractivity contribution < 1.29 is 9.47 Å². The highest BCUT2D eigenvalue weighted by atomic mass is 16.7. The zero-order chi connectivity index (χ0) is 7.23. The van der Waals surface area contributed by atoms with Gasteiger partial charge < -0.3 is 9.47 Å². The number of methoxy groups -OCH3 is 1. The van der Waals surface area contributed by atoms with Crippen molar-refractivity contribution in [3.8, 4) is 5.75 Å². The number of hydrogen-bond acceptors (Lipinski definition) is 4. The Balaban J connectivity index is 2.43. The second-order valence-electron chi connectivity index (χ2n) is 1.57. The third-order valence-corrected chi connectivity index (χ3v) is 0.842. The number of nitrogens with zero attached hydrogens (tertiary/aromatic N) is 2. The quantitative estimate of drug-likeness (QED) is 0.563. The van der Waals surface area contributed by atoms with Crippen LogP contribution in [0.15, 0.2) is 12.4 Å². The maximum absolute atomic E-state index is 4.99. The van der Waals surface area contributed by atoms with Crippen LogP contribution in [-0.4, -0.2) is 23.9 Å². The first-order chi connectivity index (χ1) is 4.93. The average Bonchev–Trinajstić information content (AvgIpc) is 2.03. The van der Waals surface area contributed by atoms with Crippen LogP contribution in [0.5, 0.6) is 5.75 Å². The van der Waals surface area contributed by atoms with Crippen LogP contribution in [0.3, 0.4) is 0 Å². The van der Waals surface area contributed by atoms with Crippen molar-refractivity contribution in [2.45, 2.75) is 0 Å². The van der Waals surface area contributed by atoms with E-state index in [1.54, 1.807) is 7.11 Å². The van der Waals surface area contributed by atoms with Crippen LogP contribution >= 0.6 is 0 Å². The van der Waals surface area contributed by atoms with Gasteiger partial charge in [0, 0.05) is 7.11 Å². The van der Waals surface area contributed by atoms with Gasteiger partial charge in [-0.25, -0.2) is 9.97 Å². The lowest BCUT2D eigenvalue weighted by atomic mass is 10.6. The average molecular weight is 139 g/mol. The van der Waals surface area contributed by atoms with E-state index in [1.807, 2.05) is 0 Å². The van der Waals surface area contributed by atoms with E-state index in [4.69, 9.17) is 4.74 Å². The molecule has 0 fully saturated rings. The molecule has 1 aromatic heterocycles. The first-order valence-electron chi connectivity index (χ1n) is 2.73. The third kappa shape index (κ3) is 1.99. The van der Waals surface area contributed by atoms with Gasteiger partial charge in [-0.3, -0.25) is 0 Å². The van der Waals surface area contributed by atoms with Crippen molar-refractivity contribution in [1.29, 1.82) is 0 Å². The molecule has 0 aliphatic rings. The fourth-order valence-corrected chi connectivity index (χ4v) is 0.453. The summed E-state index contributed by atoms with van der Waals surface area (Å²) >= 11 is 0. The molecule has 4 heteroatoms. The Morgan fingerprint density at radius 2 is 2.20 bits per heavy atom. The maximum Gasteiger partial charge on any atom is 0.197 e. The van der Waals surface area contributed by atoms with E-state index in [9.17, 15) is 0 Å². The molecule has 1 aromatic rings. The number of ether oxygens (including phenoxy) is 2. The third-order valence-electron chi connectivity index (χ3n) is 0.842. The zero-order valence-corrected chi connectivity index (χ0v) is 5.57. The Kier molecular flexibility index (Phi) is 2.63. The lowest BCUT2D eigenvalue weighted by molar-refractivity contribution is 0.0505. The zero-order valence-electron chi connectivity index (χ0n) is 5.57. The minimum atomic E-state index is 0.216. The Morgan fingerprint density at radius 3 is 2.80 bits per heavy atom. The Morgan fingerprint density at radius 1 is 1.50 bits per heavy atom. The van der Waals surface area contributed by atoms with E-state index < -0.39 is 0 Å². The van der Waals surface area contributed by atoms with Crippen LogP contribution in [0.4, 0.5) is 0 Å². The van der Waals surface area contributed by atoms with E-state index in [0.29, 0.717) is 5.75 Å². The SMILES string of the molecule is COCOc1cn[c]nc1. The molecule has 1 heterocycles. The van der Waals surface area contributed by atoms with Gasteiger partial charge in [-0.2, -0.15) is 0 Å². The summed E-state index contributed by atoms with van der Waals surface area (Å²) in [4.78, 5) is 7.24. The summed E-state index contributed by atoms with van der Waals surface area (Å²) in [6.45, 7) is 0.216. The highest BCUT2D eigenvalue weighted by Gasteiger charge is 1.89. The van der Waals surface area contributed by atoms with E-state index in [2.05, 4.69) is 21.0 Å². The second-order valence-corrected chi connectivity index (χ2v) is 1.57. The fraction of sp³-hybridized carbons (Fsp3) is 0.333. The highest BCUT2D eigenvalue weighted by molar-refractivity contribution is 5.09. The minimum absolute atomic E-state index is 0.216. The summed E-state index contributed by atoms with van der Waals surface area (Å²) in [6, 6.07) is 0. The predicted molar refractivity (Wildman–Crippen MR) is 33.4 cm³/mol. The van der Waals surface area contributed by atoms with E-state index in [1.165, 1.54) is 12.4 Å². The Hall–Kier alpha value is -1.16. The molecule has 0 amide bonds. The van der Waals surface area contributed by atoms with Gasteiger partial charge in [-0.05, 0) is 0 Å². The molecule has 1 rings (SSSR count). The molecule has 0 spiro atoms. The predicted octanol–water partition coefficient (Wildman–Crippen LogP) is 0.259. The lowest BCUT2D eigenvalue weighted by Gasteiger charge is -2.00. The normalized spacial score (nSPS) is 9.30. The summed E-state index contributed by atoms with van der Waals surface area (Å²) in [6.07, 6.45) is 5.43. The van der Waals surface area contributed by atoms with Crippen molar-refractivity contribution in [3.05, 3.63) is 18.7 Å². The van der Waals surface area contributed by atoms with Crippen LogP contribution in [0, 0.1) is 6.33 Å². The summed E-state index contributed by atoms with van der Waals surface area (Å²) in [5, 5.41) is 0. The van der Waals surface area contributed by atoms with Crippen molar-refractivity contribution in [3.63, 3.8) is 0 Å². The van der Waals surface area contributed by atoms with Crippen LogP contribution in [-0.2, 0) is 4.74 Å². The largest absolute Gasteiger partial charge is 0.464 e. The molecule has 53 valence electrons. The molecule has 1 radical (unpaired) electrons. The molecule has 0 saturated heterocycles. The molecular formula is C6H7N2O2. The molecule has 0 aromatic carbocycles. The van der Waals surface area contributed by atoms with Gasteiger partial charge in [0.2, 0.25) is 0 Å². The summed E-state index contributed by atoms with van der Waals surface area (Å²) in [5.74, 6) is 0.584. The molecule has 0 aliphatic heterocycles. The van der Waals surface area contributed by atoms with E-state index >= 15 is 0 Å². The first-order valence-corrected chi connectivity index (χ1v) is 2.73. The van der Waals surface area contributed by atoms with Crippen molar-refractivity contribution in [2.75, 3.05) is 13.9 Å². The first kappa shape index (κ1) is 6.95. The lowest BCUT2D eigenvalue weighted by Crippen LogP contribution is -1.99. The van der Waals surface area contributed by atoms with Gasteiger partial charge in [0.15, 0.2) is 18.9 Å². The molecular weight excluding hydrogens is 132 g/mol. The standard InChI is InChI=1S/C6H7N2O2/c1-9-5-10-6-2-7-4-8-3-6/h2-3H,5H2,1H3. The van der Waals surface area contributed by atoms with Gasteiger partial charge in [-0.1, -0.05) is 0 Å². The fourth-order valence-electron chi connectivity index (χ4n) is 0.453. The van der Waals surface area contributed by atoms with Gasteiger partial charge >= 0.3 is 0 Å². The molecule has 0 N–H and O–H groups in total. The number of hydrogen-bond donors (Lipinski definition) is 0. The molecule has 0 aliphatic carbocycles. The van der Waals surface area contributed by atoms with Crippen molar-refractivity contribution >= 4 is 0 Å². The maximum atomic E-state index is 4.99. The van der Waals surface area contributed by atoms with E-state index in [-0.39, 0.29) is 6.79 Å². The van der Waals surface area contributed by atoms with E-state index in [0.717, 1.165) is 0 Å². The minimum Gasteiger partial charge on any atom is -0.464 e. The molecule has 4 nitrogen and oxygen atoms in total. The smallest absolute Gasteiger partial charge is 0.197 e. The van der Waals surface area contributed by atoms with Crippen LogP contribution in [0.25, 0.3) is 0 Å². The van der Waals surface area contributed by atoms with Gasteiger partial charge in [0.1, 0.15) is 0 Å². The Labute approximate surface area is 58.8 Å². The molecule has 10 heavy (non-hydrogen) atoms. The van der Waals surface area contributed by atoms with Crippen LogP contribution < -0.4 is 4.74 Å². The molecule has 0 unspecified atom stereocenters. The van der Waals surface area contributed by atoms with Crippen molar-refractivity contribution in [1.82, 2.24) is 9.97 Å². The Bertz CT molecular complexity index is 178. The molecule has 0 saturated carbocycles. The molecule has 0 bridgehead atoms. The van der Waals surface area contributed by atoms with Gasteiger partial charge in [0.25, 0.3) is 0 Å². The van der Waals surface area contributed by atoms with Crippen LogP contribution in [0.1, 0.15) is 0 Å². The molecule has 0 atom stereocenters. The van der Waals surface area contributed by atoms with Gasteiger partial charge in [0.05, 0.1) is 12.4 Å². The van der Waals surface area contributed by atoms with Gasteiger partial charge in [-0.15, -0.1) is 0 Å². The van der Waals surface area contributed by atoms with Crippen molar-refractivity contribution in [2.24, 2.45) is 0 Å². The topological polar surface area (TPSA) is 44.2 Å². The highest BCUT2D eigenvalue weighted by Crippen LogP contribution is 2.02. The summed E-state index contributed by atoms with van der Waals surface area (Å²) in [5.41, 5.74) is 0. The van der Waals surface area contributed by atoms with Crippen LogP contribution in [0.2, 0.25) is 0 Å². The monoisotopic (exact) mass is 139 g/mol. The number of aromatic nitrogens is 2. The second kappa shape index (κ2) is 3.79. The summed E-state index contributed by atoms with van der Waals surface area (Å²) < 4.78 is 9.65. The number of rotatable bonds is 3. The summed E-state index contributed by atoms with van der Waals surface area (Å²) in [7, 11) is 1.55.